The molecule has 0 aromatic heterocycles. The van der Waals surface area contributed by atoms with Crippen LogP contribution in [0.1, 0.15) is 72.6 Å². The molecule has 122 valence electrons. The highest BCUT2D eigenvalue weighted by molar-refractivity contribution is 5.80. The minimum absolute atomic E-state index is 0.203. The van der Waals surface area contributed by atoms with Gasteiger partial charge in [0.1, 0.15) is 6.10 Å². The van der Waals surface area contributed by atoms with Crippen molar-refractivity contribution in [3.05, 3.63) is 0 Å². The van der Waals surface area contributed by atoms with Crippen molar-refractivity contribution >= 4 is 5.91 Å². The highest BCUT2D eigenvalue weighted by Crippen LogP contribution is 2.27. The van der Waals surface area contributed by atoms with Crippen LogP contribution in [0.4, 0.5) is 0 Å². The van der Waals surface area contributed by atoms with Crippen LogP contribution < -0.4 is 0 Å². The Kier molecular flexibility index (Phi) is 6.09. The third kappa shape index (κ3) is 4.70. The fourth-order valence-corrected chi connectivity index (χ4v) is 3.91. The number of ether oxygens (including phenoxy) is 1. The van der Waals surface area contributed by atoms with E-state index in [9.17, 15) is 4.79 Å². The maximum atomic E-state index is 12.8. The Morgan fingerprint density at radius 1 is 1.05 bits per heavy atom. The van der Waals surface area contributed by atoms with Gasteiger partial charge in [-0.05, 0) is 51.4 Å². The number of hydrogen-bond donors (Lipinski definition) is 0. The predicted molar refractivity (Wildman–Crippen MR) is 86.2 cm³/mol. The van der Waals surface area contributed by atoms with Gasteiger partial charge in [0.2, 0.25) is 0 Å². The van der Waals surface area contributed by atoms with E-state index in [1.165, 1.54) is 25.7 Å². The summed E-state index contributed by atoms with van der Waals surface area (Å²) in [6, 6.07) is 0.360. The van der Waals surface area contributed by atoms with Crippen LogP contribution in [0.15, 0.2) is 0 Å². The lowest BCUT2D eigenvalue weighted by atomic mass is 9.88. The van der Waals surface area contributed by atoms with Crippen molar-refractivity contribution in [3.8, 4) is 0 Å². The van der Waals surface area contributed by atoms with E-state index in [1.807, 2.05) is 6.92 Å². The number of rotatable bonds is 3. The van der Waals surface area contributed by atoms with Crippen LogP contribution in [0.2, 0.25) is 0 Å². The van der Waals surface area contributed by atoms with Gasteiger partial charge in [0.25, 0.3) is 5.91 Å². The topological polar surface area (TPSA) is 29.5 Å². The summed E-state index contributed by atoms with van der Waals surface area (Å²) in [7, 11) is 0. The van der Waals surface area contributed by atoms with Crippen LogP contribution in [-0.2, 0) is 9.53 Å². The molecular formula is C18H33NO2. The summed E-state index contributed by atoms with van der Waals surface area (Å²) in [6.45, 7) is 9.58. The van der Waals surface area contributed by atoms with Gasteiger partial charge in [0, 0.05) is 12.6 Å². The van der Waals surface area contributed by atoms with Gasteiger partial charge in [0.05, 0.1) is 6.10 Å². The number of hydrogen-bond acceptors (Lipinski definition) is 2. The Balaban J connectivity index is 1.90. The first-order chi connectivity index (χ1) is 9.97. The molecule has 5 atom stereocenters. The SMILES string of the molecule is C[C@@H]1CCC[C@H](O[C@H](C)C(=O)N2C[C@H](C)CCC[C@H]2C)C1. The normalized spacial score (nSPS) is 36.1. The third-order valence-electron chi connectivity index (χ3n) is 5.27. The molecule has 0 aromatic rings. The van der Waals surface area contributed by atoms with Gasteiger partial charge in [-0.1, -0.05) is 33.1 Å². The molecule has 0 unspecified atom stereocenters. The number of likely N-dealkylation sites (tertiary alicyclic amines) is 1. The predicted octanol–water partition coefficient (Wildman–Crippen LogP) is 4.01. The van der Waals surface area contributed by atoms with Gasteiger partial charge >= 0.3 is 0 Å². The lowest BCUT2D eigenvalue weighted by Gasteiger charge is -2.34. The molecule has 0 radical (unpaired) electrons. The summed E-state index contributed by atoms with van der Waals surface area (Å²) < 4.78 is 6.11. The summed E-state index contributed by atoms with van der Waals surface area (Å²) >= 11 is 0. The van der Waals surface area contributed by atoms with Gasteiger partial charge in [0.15, 0.2) is 0 Å². The number of carbonyl (C=O) groups excluding carboxylic acids is 1. The fourth-order valence-electron chi connectivity index (χ4n) is 3.91. The van der Waals surface area contributed by atoms with Crippen LogP contribution in [0.3, 0.4) is 0 Å². The van der Waals surface area contributed by atoms with Crippen LogP contribution in [0.5, 0.6) is 0 Å². The zero-order valence-corrected chi connectivity index (χ0v) is 14.3. The van der Waals surface area contributed by atoms with E-state index >= 15 is 0 Å². The fraction of sp³-hybridized carbons (Fsp3) is 0.944. The zero-order valence-electron chi connectivity index (χ0n) is 14.3. The van der Waals surface area contributed by atoms with Crippen molar-refractivity contribution in [2.24, 2.45) is 11.8 Å². The van der Waals surface area contributed by atoms with E-state index in [0.717, 1.165) is 31.7 Å². The second kappa shape index (κ2) is 7.62. The molecule has 0 aromatic carbocycles. The number of nitrogens with zero attached hydrogens (tertiary/aromatic N) is 1. The molecule has 3 heteroatoms. The van der Waals surface area contributed by atoms with E-state index < -0.39 is 0 Å². The van der Waals surface area contributed by atoms with Gasteiger partial charge < -0.3 is 9.64 Å². The Morgan fingerprint density at radius 2 is 1.71 bits per heavy atom. The largest absolute Gasteiger partial charge is 0.365 e. The lowest BCUT2D eigenvalue weighted by Crippen LogP contribution is -2.46. The molecule has 21 heavy (non-hydrogen) atoms. The number of amides is 1. The van der Waals surface area contributed by atoms with Crippen LogP contribution in [-0.4, -0.2) is 35.6 Å². The second-order valence-electron chi connectivity index (χ2n) is 7.55. The Labute approximate surface area is 130 Å². The first kappa shape index (κ1) is 16.8. The minimum atomic E-state index is -0.284. The molecule has 1 amide bonds. The van der Waals surface area contributed by atoms with E-state index in [1.54, 1.807) is 0 Å². The molecule has 2 rings (SSSR count). The van der Waals surface area contributed by atoms with E-state index in [0.29, 0.717) is 12.0 Å². The molecule has 3 nitrogen and oxygen atoms in total. The Bertz CT molecular complexity index is 344. The van der Waals surface area contributed by atoms with E-state index in [2.05, 4.69) is 25.7 Å². The maximum Gasteiger partial charge on any atom is 0.251 e. The van der Waals surface area contributed by atoms with Crippen molar-refractivity contribution in [2.45, 2.75) is 90.9 Å². The van der Waals surface area contributed by atoms with Crippen LogP contribution >= 0.6 is 0 Å². The molecular weight excluding hydrogens is 262 g/mol. The Morgan fingerprint density at radius 3 is 2.43 bits per heavy atom. The molecule has 1 saturated carbocycles. The maximum absolute atomic E-state index is 12.8. The van der Waals surface area contributed by atoms with Gasteiger partial charge in [-0.2, -0.15) is 0 Å². The first-order valence-corrected chi connectivity index (χ1v) is 8.93. The van der Waals surface area contributed by atoms with E-state index in [4.69, 9.17) is 4.74 Å². The molecule has 1 aliphatic heterocycles. The minimum Gasteiger partial charge on any atom is -0.365 e. The molecule has 0 N–H and O–H groups in total. The quantitative estimate of drug-likeness (QED) is 0.787. The smallest absolute Gasteiger partial charge is 0.251 e. The van der Waals surface area contributed by atoms with Gasteiger partial charge in [-0.15, -0.1) is 0 Å². The molecule has 2 fully saturated rings. The summed E-state index contributed by atoms with van der Waals surface area (Å²) in [6.07, 6.45) is 8.39. The van der Waals surface area contributed by atoms with Crippen molar-refractivity contribution in [1.29, 1.82) is 0 Å². The summed E-state index contributed by atoms with van der Waals surface area (Å²) in [5.74, 6) is 1.55. The van der Waals surface area contributed by atoms with Gasteiger partial charge in [-0.25, -0.2) is 0 Å². The zero-order chi connectivity index (χ0) is 15.4. The second-order valence-corrected chi connectivity index (χ2v) is 7.55. The Hall–Kier alpha value is -0.570. The van der Waals surface area contributed by atoms with Crippen molar-refractivity contribution in [1.82, 2.24) is 4.90 Å². The summed E-state index contributed by atoms with van der Waals surface area (Å²) in [5, 5.41) is 0. The third-order valence-corrected chi connectivity index (χ3v) is 5.27. The van der Waals surface area contributed by atoms with Crippen molar-refractivity contribution in [2.75, 3.05) is 6.54 Å². The van der Waals surface area contributed by atoms with Gasteiger partial charge in [-0.3, -0.25) is 4.79 Å². The molecule has 2 aliphatic rings. The number of carbonyl (C=O) groups is 1. The molecule has 1 aliphatic carbocycles. The molecule has 1 saturated heterocycles. The first-order valence-electron chi connectivity index (χ1n) is 8.93. The summed E-state index contributed by atoms with van der Waals surface area (Å²) in [4.78, 5) is 14.8. The van der Waals surface area contributed by atoms with Crippen molar-refractivity contribution in [3.63, 3.8) is 0 Å². The summed E-state index contributed by atoms with van der Waals surface area (Å²) in [5.41, 5.74) is 0. The molecule has 0 spiro atoms. The average Bonchev–Trinajstić information content (AvgIpc) is 2.59. The monoisotopic (exact) mass is 295 g/mol. The standard InChI is InChI=1S/C18H33NO2/c1-13-7-6-10-17(11-13)21-16(4)18(20)19-12-14(2)8-5-9-15(19)3/h13-17H,5-12H2,1-4H3/t13-,14-,15-,16-,17+/m1/s1. The van der Waals surface area contributed by atoms with Crippen LogP contribution in [0.25, 0.3) is 0 Å². The van der Waals surface area contributed by atoms with Crippen LogP contribution in [0, 0.1) is 11.8 Å². The van der Waals surface area contributed by atoms with Crippen molar-refractivity contribution < 1.29 is 9.53 Å². The molecule has 0 bridgehead atoms. The molecule has 1 heterocycles. The highest BCUT2D eigenvalue weighted by atomic mass is 16.5. The van der Waals surface area contributed by atoms with E-state index in [-0.39, 0.29) is 18.1 Å². The highest BCUT2D eigenvalue weighted by Gasteiger charge is 2.31. The lowest BCUT2D eigenvalue weighted by molar-refractivity contribution is -0.150. The average molecular weight is 295 g/mol.